The van der Waals surface area contributed by atoms with Crippen LogP contribution in [0, 0.1) is 29.6 Å². The van der Waals surface area contributed by atoms with Crippen LogP contribution in [0.1, 0.15) is 106 Å². The Morgan fingerprint density at radius 1 is 0.873 bits per heavy atom. The van der Waals surface area contributed by atoms with Gasteiger partial charge in [0.25, 0.3) is 11.7 Å². The summed E-state index contributed by atoms with van der Waals surface area (Å²) in [5, 5.41) is 33.9. The molecule has 55 heavy (non-hydrogen) atoms. The second-order valence-electron chi connectivity index (χ2n) is 16.9. The molecule has 2 saturated heterocycles. The van der Waals surface area contributed by atoms with Crippen LogP contribution in [0.25, 0.3) is 0 Å². The quantitative estimate of drug-likeness (QED) is 0.207. The molecule has 1 unspecified atom stereocenters. The van der Waals surface area contributed by atoms with Gasteiger partial charge in [0.2, 0.25) is 5.79 Å². The smallest absolute Gasteiger partial charge is 0.329 e. The highest BCUT2D eigenvalue weighted by atomic mass is 16.7. The van der Waals surface area contributed by atoms with E-state index in [-0.39, 0.29) is 49.5 Å². The number of amides is 1. The highest BCUT2D eigenvalue weighted by Gasteiger charge is 2.56. The van der Waals surface area contributed by atoms with Crippen molar-refractivity contribution in [2.24, 2.45) is 29.6 Å². The van der Waals surface area contributed by atoms with Crippen molar-refractivity contribution in [3.8, 4) is 0 Å². The van der Waals surface area contributed by atoms with Gasteiger partial charge in [0.05, 0.1) is 30.5 Å². The number of aliphatic hydroxyl groups is 3. The van der Waals surface area contributed by atoms with Crippen LogP contribution in [0.3, 0.4) is 0 Å². The Morgan fingerprint density at radius 3 is 2.18 bits per heavy atom. The highest BCUT2D eigenvalue weighted by Crippen LogP contribution is 2.39. The van der Waals surface area contributed by atoms with Crippen LogP contribution in [-0.4, -0.2) is 126 Å². The lowest BCUT2D eigenvalue weighted by molar-refractivity contribution is -0.302. The first-order valence-electron chi connectivity index (χ1n) is 20.2. The van der Waals surface area contributed by atoms with E-state index in [1.54, 1.807) is 27.9 Å². The molecular weight excluding hydrogens is 710 g/mol. The Hall–Kier alpha value is -2.52. The van der Waals surface area contributed by atoms with Gasteiger partial charge < -0.3 is 43.9 Å². The third kappa shape index (κ3) is 10.7. The molecule has 4 aliphatic rings. The first kappa shape index (κ1) is 45.2. The van der Waals surface area contributed by atoms with Gasteiger partial charge in [0.1, 0.15) is 24.0 Å². The minimum Gasteiger partial charge on any atom is -0.456 e. The van der Waals surface area contributed by atoms with Gasteiger partial charge in [-0.05, 0) is 89.0 Å². The van der Waals surface area contributed by atoms with Gasteiger partial charge in [-0.25, -0.2) is 4.79 Å². The molecule has 3 N–H and O–H groups in total. The van der Waals surface area contributed by atoms with Gasteiger partial charge in [-0.3, -0.25) is 14.4 Å². The maximum atomic E-state index is 14.2. The molecular formula is C42H67NO12. The molecule has 0 spiro atoms. The molecule has 13 heteroatoms. The predicted molar refractivity (Wildman–Crippen MR) is 203 cm³/mol. The van der Waals surface area contributed by atoms with Crippen LogP contribution >= 0.6 is 0 Å². The third-order valence-electron chi connectivity index (χ3n) is 12.6. The highest BCUT2D eigenvalue weighted by molar-refractivity contribution is 6.39. The molecule has 14 atom stereocenters. The van der Waals surface area contributed by atoms with Crippen LogP contribution in [0.2, 0.25) is 0 Å². The second-order valence-corrected chi connectivity index (χ2v) is 16.9. The number of piperidine rings is 1. The molecule has 0 aromatic heterocycles. The van der Waals surface area contributed by atoms with E-state index < -0.39 is 83.9 Å². The Bertz CT molecular complexity index is 1410. The van der Waals surface area contributed by atoms with E-state index in [2.05, 4.69) is 0 Å². The van der Waals surface area contributed by atoms with Crippen LogP contribution in [0.4, 0.5) is 0 Å². The van der Waals surface area contributed by atoms with E-state index in [9.17, 15) is 34.5 Å². The van der Waals surface area contributed by atoms with Crippen molar-refractivity contribution in [2.45, 2.75) is 160 Å². The lowest BCUT2D eigenvalue weighted by Gasteiger charge is -2.47. The number of allylic oxidation sites excluding steroid dienone is 3. The van der Waals surface area contributed by atoms with E-state index in [4.69, 9.17) is 23.7 Å². The Morgan fingerprint density at radius 2 is 1.53 bits per heavy atom. The number of methoxy groups -OCH3 is 3. The molecule has 0 aromatic carbocycles. The average molecular weight is 778 g/mol. The number of rotatable bonds is 5. The molecule has 0 radical (unpaired) electrons. The van der Waals surface area contributed by atoms with E-state index >= 15 is 0 Å². The van der Waals surface area contributed by atoms with E-state index in [0.29, 0.717) is 50.5 Å². The number of cyclic esters (lactones) is 1. The molecule has 3 aliphatic heterocycles. The van der Waals surface area contributed by atoms with Gasteiger partial charge in [-0.2, -0.15) is 0 Å². The van der Waals surface area contributed by atoms with Crippen molar-refractivity contribution in [3.05, 3.63) is 23.3 Å². The lowest BCUT2D eigenvalue weighted by Crippen LogP contribution is -2.64. The monoisotopic (exact) mass is 777 g/mol. The molecule has 3 heterocycles. The number of hydrogen-bond acceptors (Lipinski definition) is 12. The SMILES string of the molecule is CO[C@H]1C[C@@H](C)C/C(C)=C/[C@@H](C)C(=O)C[C@H](O)[C@@H](C)[C@@H](/C(C)=C/[C@@H]2CC[C@@H](O)[C@H](OC)C2)OC(=O)[C@@H]2CCCCN2C(=O)C(=O)[C@]2(O)OC1[C@@H](OC)C[C@H]2C. The van der Waals surface area contributed by atoms with E-state index in [1.165, 1.54) is 19.1 Å². The van der Waals surface area contributed by atoms with Gasteiger partial charge in [-0.1, -0.05) is 45.4 Å². The summed E-state index contributed by atoms with van der Waals surface area (Å²) in [6, 6.07) is -1.13. The largest absolute Gasteiger partial charge is 0.456 e. The lowest BCUT2D eigenvalue weighted by atomic mass is 9.82. The van der Waals surface area contributed by atoms with Gasteiger partial charge in [-0.15, -0.1) is 0 Å². The normalized spacial score (nSPS) is 42.1. The standard InChI is InChI=1S/C42H67NO12/c1-23-16-24(2)18-35(52-8)38-36(53-9)20-27(5)42(50,55-38)39(47)40(48)43-15-11-10-12-30(43)41(49)54-37(28(6)33(46)22-32(45)25(3)17-23)26(4)19-29-13-14-31(44)34(21-29)51-7/h17,19,24-25,27-31,33-38,44,46,50H,10-16,18,20-22H2,1-9H3/b23-17+,26-19+/t24-,25+,27+,28+,29-,30-,31+,33-,34+,35-,36-,37+,38?,42+/m0/s1. The Labute approximate surface area is 327 Å². The molecule has 0 aromatic rings. The maximum Gasteiger partial charge on any atom is 0.329 e. The van der Waals surface area contributed by atoms with Crippen LogP contribution in [0.5, 0.6) is 0 Å². The van der Waals surface area contributed by atoms with E-state index in [1.807, 2.05) is 32.9 Å². The Kier molecular flexibility index (Phi) is 16.2. The zero-order chi connectivity index (χ0) is 40.8. The van der Waals surface area contributed by atoms with Crippen LogP contribution in [-0.2, 0) is 42.9 Å². The molecule has 4 rings (SSSR count). The van der Waals surface area contributed by atoms with E-state index in [0.717, 1.165) is 5.57 Å². The third-order valence-corrected chi connectivity index (χ3v) is 12.6. The fourth-order valence-electron chi connectivity index (χ4n) is 9.16. The summed E-state index contributed by atoms with van der Waals surface area (Å²) >= 11 is 0. The van der Waals surface area contributed by atoms with Gasteiger partial charge in [0.15, 0.2) is 0 Å². The minimum atomic E-state index is -2.50. The predicted octanol–water partition coefficient (Wildman–Crippen LogP) is 4.08. The number of carbonyl (C=O) groups is 4. The summed E-state index contributed by atoms with van der Waals surface area (Å²) in [6.07, 6.45) is 3.09. The number of Topliss-reactive ketones (excluding diaryl/α,β-unsaturated/α-hetero) is 2. The molecule has 13 nitrogen and oxygen atoms in total. The first-order valence-corrected chi connectivity index (χ1v) is 20.2. The number of esters is 1. The van der Waals surface area contributed by atoms with Crippen LogP contribution < -0.4 is 0 Å². The molecule has 1 saturated carbocycles. The van der Waals surface area contributed by atoms with Crippen molar-refractivity contribution in [2.75, 3.05) is 27.9 Å². The fraction of sp³-hybridized carbons (Fsp3) is 0.810. The molecule has 2 bridgehead atoms. The Balaban J connectivity index is 1.75. The maximum absolute atomic E-state index is 14.2. The topological polar surface area (TPSA) is 178 Å². The number of aliphatic hydroxyl groups excluding tert-OH is 2. The van der Waals surface area contributed by atoms with Crippen molar-refractivity contribution in [1.82, 2.24) is 4.90 Å². The van der Waals surface area contributed by atoms with Crippen LogP contribution in [0.15, 0.2) is 23.3 Å². The number of hydrogen-bond donors (Lipinski definition) is 3. The van der Waals surface area contributed by atoms with Crippen molar-refractivity contribution in [3.63, 3.8) is 0 Å². The van der Waals surface area contributed by atoms with Gasteiger partial charge in [0, 0.05) is 52.0 Å². The molecule has 1 aliphatic carbocycles. The average Bonchev–Trinajstić information content (AvgIpc) is 3.15. The number of ether oxygens (including phenoxy) is 5. The zero-order valence-corrected chi connectivity index (χ0v) is 34.4. The number of fused-ring (bicyclic) bond motifs is 3. The van der Waals surface area contributed by atoms with Crippen molar-refractivity contribution >= 4 is 23.4 Å². The number of nitrogens with zero attached hydrogens (tertiary/aromatic N) is 1. The zero-order valence-electron chi connectivity index (χ0n) is 34.4. The van der Waals surface area contributed by atoms with Crippen molar-refractivity contribution in [1.29, 1.82) is 0 Å². The summed E-state index contributed by atoms with van der Waals surface area (Å²) in [6.45, 7) is 11.1. The minimum absolute atomic E-state index is 0.00142. The number of ketones is 2. The summed E-state index contributed by atoms with van der Waals surface area (Å²) in [4.78, 5) is 57.3. The summed E-state index contributed by atoms with van der Waals surface area (Å²) in [7, 11) is 4.62. The summed E-state index contributed by atoms with van der Waals surface area (Å²) < 4.78 is 29.6. The molecule has 312 valence electrons. The van der Waals surface area contributed by atoms with Crippen molar-refractivity contribution < 1.29 is 58.2 Å². The first-order chi connectivity index (χ1) is 25.9. The summed E-state index contributed by atoms with van der Waals surface area (Å²) in [5.41, 5.74) is 1.64. The number of carbonyl (C=O) groups excluding carboxylic acids is 4. The molecule has 3 fully saturated rings. The fourth-order valence-corrected chi connectivity index (χ4v) is 9.16. The second kappa shape index (κ2) is 19.8. The van der Waals surface area contributed by atoms with Gasteiger partial charge >= 0.3 is 5.97 Å². The summed E-state index contributed by atoms with van der Waals surface area (Å²) in [5.74, 6) is -7.59. The molecule has 1 amide bonds.